The van der Waals surface area contributed by atoms with E-state index >= 15 is 0 Å². The van der Waals surface area contributed by atoms with E-state index in [1.165, 1.54) is 18.4 Å². The predicted molar refractivity (Wildman–Crippen MR) is 73.4 cm³/mol. The van der Waals surface area contributed by atoms with Gasteiger partial charge in [-0.15, -0.1) is 0 Å². The number of aliphatic hydroxyl groups excluding tert-OH is 1. The van der Waals surface area contributed by atoms with E-state index in [1.807, 2.05) is 6.20 Å². The van der Waals surface area contributed by atoms with Crippen LogP contribution in [0.4, 0.5) is 5.82 Å². The third-order valence-corrected chi connectivity index (χ3v) is 3.81. The Balaban J connectivity index is 2.23. The minimum absolute atomic E-state index is 0.261. The number of rotatable bonds is 3. The topological polar surface area (TPSA) is 36.4 Å². The van der Waals surface area contributed by atoms with E-state index in [0.717, 1.165) is 29.7 Å². The molecule has 0 radical (unpaired) electrons. The maximum absolute atomic E-state index is 9.14. The largest absolute Gasteiger partial charge is 0.396 e. The van der Waals surface area contributed by atoms with Gasteiger partial charge >= 0.3 is 0 Å². The number of anilines is 1. The summed E-state index contributed by atoms with van der Waals surface area (Å²) < 4.78 is 1.02. The minimum atomic E-state index is 0.261. The van der Waals surface area contributed by atoms with Gasteiger partial charge < -0.3 is 10.0 Å². The van der Waals surface area contributed by atoms with Crippen LogP contribution in [0.25, 0.3) is 0 Å². The zero-order chi connectivity index (χ0) is 12.3. The van der Waals surface area contributed by atoms with E-state index in [9.17, 15) is 0 Å². The molecule has 1 fully saturated rings. The molecule has 1 saturated heterocycles. The number of aliphatic hydroxyl groups is 1. The molecule has 1 aromatic rings. The summed E-state index contributed by atoms with van der Waals surface area (Å²) in [4.78, 5) is 6.89. The molecule has 2 heterocycles. The fraction of sp³-hybridized carbons (Fsp3) is 0.615. The number of halogens is 1. The molecule has 0 spiro atoms. The summed E-state index contributed by atoms with van der Waals surface area (Å²) in [5.74, 6) is 1.08. The number of piperidine rings is 1. The van der Waals surface area contributed by atoms with Crippen molar-refractivity contribution in [2.24, 2.45) is 0 Å². The van der Waals surface area contributed by atoms with Crippen LogP contribution in [0.1, 0.15) is 31.2 Å². The number of pyridine rings is 1. The van der Waals surface area contributed by atoms with Crippen LogP contribution < -0.4 is 4.90 Å². The zero-order valence-corrected chi connectivity index (χ0v) is 11.8. The van der Waals surface area contributed by atoms with Gasteiger partial charge in [0.1, 0.15) is 5.82 Å². The molecule has 1 aliphatic heterocycles. The average Bonchev–Trinajstić information content (AvgIpc) is 2.31. The maximum Gasteiger partial charge on any atom is 0.131 e. The summed E-state index contributed by atoms with van der Waals surface area (Å²) in [6.07, 6.45) is 6.34. The Morgan fingerprint density at radius 1 is 1.53 bits per heavy atom. The molecule has 1 N–H and O–H groups in total. The molecule has 1 atom stereocenters. The Morgan fingerprint density at radius 2 is 2.35 bits per heavy atom. The summed E-state index contributed by atoms with van der Waals surface area (Å²) in [6.45, 7) is 3.41. The highest BCUT2D eigenvalue weighted by molar-refractivity contribution is 9.10. The third-order valence-electron chi connectivity index (χ3n) is 3.38. The van der Waals surface area contributed by atoms with Gasteiger partial charge in [-0.1, -0.05) is 0 Å². The lowest BCUT2D eigenvalue weighted by Gasteiger charge is -2.37. The normalized spacial score (nSPS) is 20.6. The molecule has 17 heavy (non-hydrogen) atoms. The molecule has 0 bridgehead atoms. The standard InChI is InChI=1S/C13H19BrN2O/c1-10-8-11(14)9-15-13(10)16-6-3-2-4-12(16)5-7-17/h8-9,12,17H,2-7H2,1H3. The SMILES string of the molecule is Cc1cc(Br)cnc1N1CCCCC1CCO. The lowest BCUT2D eigenvalue weighted by molar-refractivity contribution is 0.262. The summed E-state index contributed by atoms with van der Waals surface area (Å²) in [7, 11) is 0. The molecular formula is C13H19BrN2O. The fourth-order valence-electron chi connectivity index (χ4n) is 2.56. The second-order valence-corrected chi connectivity index (χ2v) is 5.56. The molecule has 0 saturated carbocycles. The van der Waals surface area contributed by atoms with Crippen molar-refractivity contribution >= 4 is 21.7 Å². The first-order valence-electron chi connectivity index (χ1n) is 6.22. The molecule has 0 aromatic carbocycles. The number of aryl methyl sites for hydroxylation is 1. The van der Waals surface area contributed by atoms with Crippen molar-refractivity contribution in [3.63, 3.8) is 0 Å². The smallest absolute Gasteiger partial charge is 0.131 e. The Labute approximate surface area is 111 Å². The van der Waals surface area contributed by atoms with Crippen molar-refractivity contribution < 1.29 is 5.11 Å². The first-order valence-corrected chi connectivity index (χ1v) is 7.01. The molecule has 0 amide bonds. The minimum Gasteiger partial charge on any atom is -0.396 e. The first-order chi connectivity index (χ1) is 8.22. The second kappa shape index (κ2) is 5.83. The second-order valence-electron chi connectivity index (χ2n) is 4.65. The first kappa shape index (κ1) is 12.8. The van der Waals surface area contributed by atoms with E-state index in [0.29, 0.717) is 6.04 Å². The van der Waals surface area contributed by atoms with Crippen LogP contribution in [0.5, 0.6) is 0 Å². The van der Waals surface area contributed by atoms with Gasteiger partial charge in [0.2, 0.25) is 0 Å². The molecule has 2 rings (SSSR count). The van der Waals surface area contributed by atoms with E-state index in [2.05, 4.69) is 38.8 Å². The number of nitrogens with zero attached hydrogens (tertiary/aromatic N) is 2. The third kappa shape index (κ3) is 2.99. The van der Waals surface area contributed by atoms with Crippen molar-refractivity contribution in [1.82, 2.24) is 4.98 Å². The summed E-state index contributed by atoms with van der Waals surface area (Å²) in [5, 5.41) is 9.14. The summed E-state index contributed by atoms with van der Waals surface area (Å²) in [6, 6.07) is 2.55. The fourth-order valence-corrected chi connectivity index (χ4v) is 3.01. The Morgan fingerprint density at radius 3 is 3.06 bits per heavy atom. The maximum atomic E-state index is 9.14. The lowest BCUT2D eigenvalue weighted by atomic mass is 9.99. The summed E-state index contributed by atoms with van der Waals surface area (Å²) >= 11 is 3.45. The van der Waals surface area contributed by atoms with Crippen LogP contribution in [-0.2, 0) is 0 Å². The van der Waals surface area contributed by atoms with Crippen molar-refractivity contribution in [2.75, 3.05) is 18.1 Å². The van der Waals surface area contributed by atoms with Crippen LogP contribution in [0, 0.1) is 6.92 Å². The van der Waals surface area contributed by atoms with E-state index < -0.39 is 0 Å². The van der Waals surface area contributed by atoms with Gasteiger partial charge in [0.05, 0.1) is 0 Å². The van der Waals surface area contributed by atoms with Crippen molar-refractivity contribution in [1.29, 1.82) is 0 Å². The Hall–Kier alpha value is -0.610. The highest BCUT2D eigenvalue weighted by atomic mass is 79.9. The molecule has 1 aromatic heterocycles. The molecule has 3 nitrogen and oxygen atoms in total. The van der Waals surface area contributed by atoms with Crippen LogP contribution >= 0.6 is 15.9 Å². The molecule has 1 unspecified atom stereocenters. The quantitative estimate of drug-likeness (QED) is 0.932. The van der Waals surface area contributed by atoms with Gasteiger partial charge in [0.25, 0.3) is 0 Å². The van der Waals surface area contributed by atoms with Crippen LogP contribution in [-0.4, -0.2) is 29.3 Å². The monoisotopic (exact) mass is 298 g/mol. The van der Waals surface area contributed by atoms with E-state index in [-0.39, 0.29) is 6.61 Å². The van der Waals surface area contributed by atoms with Crippen molar-refractivity contribution in [3.05, 3.63) is 22.3 Å². The van der Waals surface area contributed by atoms with Gasteiger partial charge in [-0.2, -0.15) is 0 Å². The van der Waals surface area contributed by atoms with Crippen LogP contribution in [0.3, 0.4) is 0 Å². The molecule has 1 aliphatic rings. The highest BCUT2D eigenvalue weighted by Gasteiger charge is 2.24. The molecule has 0 aliphatic carbocycles. The predicted octanol–water partition coefficient (Wildman–Crippen LogP) is 2.89. The Kier molecular flexibility index (Phi) is 4.40. The van der Waals surface area contributed by atoms with Gasteiger partial charge in [-0.25, -0.2) is 4.98 Å². The average molecular weight is 299 g/mol. The van der Waals surface area contributed by atoms with Gasteiger partial charge in [-0.3, -0.25) is 0 Å². The van der Waals surface area contributed by atoms with Gasteiger partial charge in [0, 0.05) is 29.9 Å². The Bertz CT molecular complexity index is 382. The number of aromatic nitrogens is 1. The van der Waals surface area contributed by atoms with E-state index in [4.69, 9.17) is 5.11 Å². The van der Waals surface area contributed by atoms with Crippen LogP contribution in [0.15, 0.2) is 16.7 Å². The van der Waals surface area contributed by atoms with E-state index in [1.54, 1.807) is 0 Å². The molecular weight excluding hydrogens is 280 g/mol. The van der Waals surface area contributed by atoms with Crippen LogP contribution in [0.2, 0.25) is 0 Å². The molecule has 4 heteroatoms. The number of hydrogen-bond donors (Lipinski definition) is 1. The zero-order valence-electron chi connectivity index (χ0n) is 10.2. The summed E-state index contributed by atoms with van der Waals surface area (Å²) in [5.41, 5.74) is 1.20. The highest BCUT2D eigenvalue weighted by Crippen LogP contribution is 2.28. The van der Waals surface area contributed by atoms with Gasteiger partial charge in [0.15, 0.2) is 0 Å². The molecule has 94 valence electrons. The van der Waals surface area contributed by atoms with Crippen molar-refractivity contribution in [3.8, 4) is 0 Å². The number of hydrogen-bond acceptors (Lipinski definition) is 3. The lowest BCUT2D eigenvalue weighted by Crippen LogP contribution is -2.41. The van der Waals surface area contributed by atoms with Crippen molar-refractivity contribution in [2.45, 2.75) is 38.6 Å². The van der Waals surface area contributed by atoms with Gasteiger partial charge in [-0.05, 0) is 60.2 Å².